The molecule has 0 aliphatic heterocycles. The second kappa shape index (κ2) is 11.4. The zero-order valence-electron chi connectivity index (χ0n) is 27.1. The van der Waals surface area contributed by atoms with Gasteiger partial charge in [0.2, 0.25) is 5.95 Å². The highest BCUT2D eigenvalue weighted by molar-refractivity contribution is 6.26. The zero-order chi connectivity index (χ0) is 33.0. The Labute approximate surface area is 289 Å². The van der Waals surface area contributed by atoms with Gasteiger partial charge in [0.05, 0.1) is 22.1 Å². The summed E-state index contributed by atoms with van der Waals surface area (Å²) >= 11 is 0. The normalized spacial score (nSPS) is 11.6. The summed E-state index contributed by atoms with van der Waals surface area (Å²) < 4.78 is 4.62. The molecule has 7 aromatic carbocycles. The van der Waals surface area contributed by atoms with Gasteiger partial charge < -0.3 is 4.57 Å². The molecular formula is C46H30N4. The van der Waals surface area contributed by atoms with Crippen molar-refractivity contribution in [1.82, 2.24) is 19.1 Å². The summed E-state index contributed by atoms with van der Waals surface area (Å²) in [7, 11) is 0. The number of hydrogen-bond acceptors (Lipinski definition) is 2. The van der Waals surface area contributed by atoms with E-state index in [9.17, 15) is 0 Å². The monoisotopic (exact) mass is 638 g/mol. The third-order valence-corrected chi connectivity index (χ3v) is 9.87. The van der Waals surface area contributed by atoms with Crippen LogP contribution >= 0.6 is 0 Å². The molecule has 234 valence electrons. The Kier molecular flexibility index (Phi) is 6.46. The number of para-hydroxylation sites is 2. The topological polar surface area (TPSA) is 35.6 Å². The van der Waals surface area contributed by atoms with Crippen molar-refractivity contribution in [2.45, 2.75) is 0 Å². The fourth-order valence-electron chi connectivity index (χ4n) is 7.50. The molecule has 0 amide bonds. The van der Waals surface area contributed by atoms with Crippen LogP contribution in [0.25, 0.3) is 88.6 Å². The van der Waals surface area contributed by atoms with Gasteiger partial charge in [0.25, 0.3) is 0 Å². The largest absolute Gasteiger partial charge is 0.309 e. The predicted octanol–water partition coefficient (Wildman–Crippen LogP) is 11.7. The SMILES string of the molecule is c1ccc(-c2ccc(-c3cnc(-n4c5ccccc5c5ccc6c(c7ccccc7n6-c6ccc(-c7ccccc7)cc6)c54)nc3)cc2)cc1. The van der Waals surface area contributed by atoms with Gasteiger partial charge >= 0.3 is 0 Å². The van der Waals surface area contributed by atoms with Crippen LogP contribution in [-0.4, -0.2) is 19.1 Å². The molecule has 0 saturated carbocycles. The molecule has 50 heavy (non-hydrogen) atoms. The molecule has 10 aromatic rings. The highest BCUT2D eigenvalue weighted by Crippen LogP contribution is 2.41. The molecule has 0 saturated heterocycles. The van der Waals surface area contributed by atoms with E-state index in [2.05, 4.69) is 173 Å². The molecule has 0 aliphatic carbocycles. The summed E-state index contributed by atoms with van der Waals surface area (Å²) in [6, 6.07) is 60.3. The molecule has 0 N–H and O–H groups in total. The van der Waals surface area contributed by atoms with Crippen molar-refractivity contribution in [1.29, 1.82) is 0 Å². The lowest BCUT2D eigenvalue weighted by Crippen LogP contribution is -2.01. The second-order valence-corrected chi connectivity index (χ2v) is 12.7. The molecular weight excluding hydrogens is 609 g/mol. The average Bonchev–Trinajstić information content (AvgIpc) is 3.72. The molecule has 10 rings (SSSR count). The first kappa shape index (κ1) is 28.3. The summed E-state index contributed by atoms with van der Waals surface area (Å²) in [6.45, 7) is 0. The Bertz CT molecular complexity index is 2810. The van der Waals surface area contributed by atoms with E-state index >= 15 is 0 Å². The van der Waals surface area contributed by atoms with E-state index in [1.165, 1.54) is 43.8 Å². The van der Waals surface area contributed by atoms with Gasteiger partial charge in [0.15, 0.2) is 0 Å². The number of aromatic nitrogens is 4. The highest BCUT2D eigenvalue weighted by atomic mass is 15.2. The first-order valence-electron chi connectivity index (χ1n) is 16.9. The number of nitrogens with zero attached hydrogens (tertiary/aromatic N) is 4. The molecule has 0 bridgehead atoms. The molecule has 0 unspecified atom stereocenters. The van der Waals surface area contributed by atoms with Crippen LogP contribution in [-0.2, 0) is 0 Å². The zero-order valence-corrected chi connectivity index (χ0v) is 27.1. The molecule has 4 heteroatoms. The van der Waals surface area contributed by atoms with Gasteiger partial charge in [-0.25, -0.2) is 9.97 Å². The van der Waals surface area contributed by atoms with Crippen LogP contribution in [0.5, 0.6) is 0 Å². The van der Waals surface area contributed by atoms with Crippen molar-refractivity contribution in [2.75, 3.05) is 0 Å². The van der Waals surface area contributed by atoms with E-state index in [-0.39, 0.29) is 0 Å². The molecule has 3 heterocycles. The van der Waals surface area contributed by atoms with Crippen molar-refractivity contribution in [3.63, 3.8) is 0 Å². The third-order valence-electron chi connectivity index (χ3n) is 9.87. The van der Waals surface area contributed by atoms with E-state index < -0.39 is 0 Å². The Hall–Kier alpha value is -6.78. The van der Waals surface area contributed by atoms with Crippen LogP contribution in [0, 0.1) is 0 Å². The molecule has 0 spiro atoms. The standard InChI is InChI=1S/C46H30N4/c1-3-11-31(12-4-1)33-19-21-35(22-20-33)36-29-47-46(48-30-36)50-41-17-9-7-15-38(41)39-27-28-43-44(45(39)50)40-16-8-10-18-42(40)49(43)37-25-23-34(24-26-37)32-13-5-2-6-14-32/h1-30H. The Morgan fingerprint density at radius 1 is 0.320 bits per heavy atom. The lowest BCUT2D eigenvalue weighted by molar-refractivity contribution is 0.992. The summed E-state index contributed by atoms with van der Waals surface area (Å²) in [4.78, 5) is 10.0. The van der Waals surface area contributed by atoms with E-state index in [1.54, 1.807) is 0 Å². The number of hydrogen-bond donors (Lipinski definition) is 0. The quantitative estimate of drug-likeness (QED) is 0.188. The smallest absolute Gasteiger partial charge is 0.234 e. The molecule has 4 nitrogen and oxygen atoms in total. The summed E-state index contributed by atoms with van der Waals surface area (Å²) in [5.74, 6) is 0.650. The minimum atomic E-state index is 0.650. The predicted molar refractivity (Wildman–Crippen MR) is 207 cm³/mol. The van der Waals surface area contributed by atoms with Gasteiger partial charge in [0, 0.05) is 45.2 Å². The van der Waals surface area contributed by atoms with Crippen molar-refractivity contribution in [3.05, 3.63) is 182 Å². The van der Waals surface area contributed by atoms with Gasteiger partial charge in [-0.15, -0.1) is 0 Å². The fourth-order valence-corrected chi connectivity index (χ4v) is 7.50. The summed E-state index contributed by atoms with van der Waals surface area (Å²) in [5.41, 5.74) is 12.5. The summed E-state index contributed by atoms with van der Waals surface area (Å²) in [6.07, 6.45) is 3.89. The molecule has 0 aliphatic rings. The van der Waals surface area contributed by atoms with Crippen LogP contribution in [0.1, 0.15) is 0 Å². The van der Waals surface area contributed by atoms with E-state index in [4.69, 9.17) is 9.97 Å². The van der Waals surface area contributed by atoms with E-state index in [0.717, 1.165) is 38.9 Å². The molecule has 0 fully saturated rings. The first-order chi connectivity index (χ1) is 24.8. The number of rotatable bonds is 5. The summed E-state index contributed by atoms with van der Waals surface area (Å²) in [5, 5.41) is 4.74. The van der Waals surface area contributed by atoms with Gasteiger partial charge in [-0.1, -0.05) is 140 Å². The van der Waals surface area contributed by atoms with Crippen molar-refractivity contribution < 1.29 is 0 Å². The maximum Gasteiger partial charge on any atom is 0.234 e. The van der Waals surface area contributed by atoms with Crippen LogP contribution in [0.15, 0.2) is 182 Å². The van der Waals surface area contributed by atoms with Crippen molar-refractivity contribution in [2.24, 2.45) is 0 Å². The van der Waals surface area contributed by atoms with Crippen LogP contribution in [0.2, 0.25) is 0 Å². The van der Waals surface area contributed by atoms with E-state index in [1.807, 2.05) is 18.5 Å². The van der Waals surface area contributed by atoms with Crippen LogP contribution in [0.4, 0.5) is 0 Å². The lowest BCUT2D eigenvalue weighted by Gasteiger charge is -2.10. The number of benzene rings is 7. The van der Waals surface area contributed by atoms with Crippen molar-refractivity contribution in [3.8, 4) is 45.0 Å². The Morgan fingerprint density at radius 3 is 1.42 bits per heavy atom. The van der Waals surface area contributed by atoms with E-state index in [0.29, 0.717) is 5.95 Å². The number of fused-ring (bicyclic) bond motifs is 7. The molecule has 0 radical (unpaired) electrons. The second-order valence-electron chi connectivity index (χ2n) is 12.7. The first-order valence-corrected chi connectivity index (χ1v) is 16.9. The minimum absolute atomic E-state index is 0.650. The van der Waals surface area contributed by atoms with Gasteiger partial charge in [-0.2, -0.15) is 0 Å². The van der Waals surface area contributed by atoms with Gasteiger partial charge in [-0.3, -0.25) is 4.57 Å². The third kappa shape index (κ3) is 4.46. The fraction of sp³-hybridized carbons (Fsp3) is 0. The lowest BCUT2D eigenvalue weighted by atomic mass is 10.0. The Morgan fingerprint density at radius 2 is 0.800 bits per heavy atom. The molecule has 0 atom stereocenters. The van der Waals surface area contributed by atoms with Gasteiger partial charge in [-0.05, 0) is 58.1 Å². The average molecular weight is 639 g/mol. The maximum atomic E-state index is 5.01. The highest BCUT2D eigenvalue weighted by Gasteiger charge is 2.21. The van der Waals surface area contributed by atoms with Crippen molar-refractivity contribution >= 4 is 43.6 Å². The maximum absolute atomic E-state index is 5.01. The Balaban J connectivity index is 1.15. The minimum Gasteiger partial charge on any atom is -0.309 e. The van der Waals surface area contributed by atoms with Gasteiger partial charge in [0.1, 0.15) is 0 Å². The van der Waals surface area contributed by atoms with Crippen LogP contribution < -0.4 is 0 Å². The molecule has 3 aromatic heterocycles. The van der Waals surface area contributed by atoms with Crippen LogP contribution in [0.3, 0.4) is 0 Å².